The Bertz CT molecular complexity index is 2040. The highest BCUT2D eigenvalue weighted by Gasteiger charge is 2.67. The van der Waals surface area contributed by atoms with Crippen LogP contribution in [0.3, 0.4) is 0 Å². The maximum Gasteiger partial charge on any atom is 0.191 e. The van der Waals surface area contributed by atoms with Gasteiger partial charge in [-0.1, -0.05) is 36.5 Å². The van der Waals surface area contributed by atoms with Gasteiger partial charge in [-0.2, -0.15) is 0 Å². The van der Waals surface area contributed by atoms with Crippen LogP contribution in [0.1, 0.15) is 85.6 Å². The highest BCUT2D eigenvalue weighted by molar-refractivity contribution is 7.22. The van der Waals surface area contributed by atoms with Crippen molar-refractivity contribution < 1.29 is 9.84 Å². The minimum atomic E-state index is 0.249. The van der Waals surface area contributed by atoms with E-state index in [4.69, 9.17) is 26.2 Å². The zero-order valence-corrected chi connectivity index (χ0v) is 30.7. The quantitative estimate of drug-likeness (QED) is 0.0925. The zero-order valence-electron chi connectivity index (χ0n) is 29.1. The van der Waals surface area contributed by atoms with E-state index in [1.54, 1.807) is 22.7 Å². The van der Waals surface area contributed by atoms with Crippen LogP contribution in [0.15, 0.2) is 42.5 Å². The van der Waals surface area contributed by atoms with Gasteiger partial charge in [0.1, 0.15) is 0 Å². The molecule has 50 heavy (non-hydrogen) atoms. The monoisotopic (exact) mass is 704 g/mol. The molecule has 1 aliphatic heterocycles. The average Bonchev–Trinajstić information content (AvgIpc) is 3.67. The second-order valence-electron chi connectivity index (χ2n) is 14.8. The molecule has 3 aliphatic carbocycles. The van der Waals surface area contributed by atoms with E-state index in [9.17, 15) is 5.11 Å². The van der Waals surface area contributed by atoms with Crippen molar-refractivity contribution in [2.75, 3.05) is 23.4 Å². The Morgan fingerprint density at radius 2 is 1.94 bits per heavy atom. The van der Waals surface area contributed by atoms with Gasteiger partial charge in [0.25, 0.3) is 0 Å². The molecule has 2 bridgehead atoms. The number of anilines is 4. The fourth-order valence-electron chi connectivity index (χ4n) is 8.75. The zero-order chi connectivity index (χ0) is 34.5. The van der Waals surface area contributed by atoms with Crippen LogP contribution in [0.4, 0.5) is 21.9 Å². The number of benzene rings is 2. The lowest BCUT2D eigenvalue weighted by atomic mass is 9.32. The van der Waals surface area contributed by atoms with Gasteiger partial charge in [0.15, 0.2) is 33.4 Å². The Morgan fingerprint density at radius 3 is 2.74 bits per heavy atom. The summed E-state index contributed by atoms with van der Waals surface area (Å²) >= 11 is 3.35. The first kappa shape index (κ1) is 33.0. The van der Waals surface area contributed by atoms with Crippen molar-refractivity contribution in [3.05, 3.63) is 69.7 Å². The summed E-state index contributed by atoms with van der Waals surface area (Å²) < 4.78 is 7.22. The predicted molar refractivity (Wildman–Crippen MR) is 204 cm³/mol. The number of ether oxygens (including phenoxy) is 1. The van der Waals surface area contributed by atoms with E-state index in [2.05, 4.69) is 54.1 Å². The second-order valence-corrected chi connectivity index (χ2v) is 16.9. The van der Waals surface area contributed by atoms with Gasteiger partial charge in [-0.25, -0.2) is 9.97 Å². The summed E-state index contributed by atoms with van der Waals surface area (Å²) in [6, 6.07) is 14.2. The SMILES string of the molecule is C#CCCC(C)CC12CC(c3ccc(OCCCc4sc(N5CCCc6c5nnc(Nc5nc7ccccc7s5)c6C)nc4C)c(O)c3)(C1)C2. The maximum absolute atomic E-state index is 10.9. The summed E-state index contributed by atoms with van der Waals surface area (Å²) in [6.07, 6.45) is 16.1. The van der Waals surface area contributed by atoms with Gasteiger partial charge in [0, 0.05) is 29.0 Å². The van der Waals surface area contributed by atoms with Crippen molar-refractivity contribution in [2.45, 2.75) is 90.4 Å². The average molecular weight is 705 g/mol. The summed E-state index contributed by atoms with van der Waals surface area (Å²) in [5, 5.41) is 25.4. The van der Waals surface area contributed by atoms with Crippen molar-refractivity contribution in [1.82, 2.24) is 20.2 Å². The fraction of sp³-hybridized carbons (Fsp3) is 0.450. The molecule has 258 valence electrons. The molecule has 0 spiro atoms. The van der Waals surface area contributed by atoms with Crippen LogP contribution >= 0.6 is 22.7 Å². The maximum atomic E-state index is 10.9. The van der Waals surface area contributed by atoms with Crippen molar-refractivity contribution >= 4 is 54.8 Å². The molecule has 3 aromatic heterocycles. The summed E-state index contributed by atoms with van der Waals surface area (Å²) in [5.41, 5.74) is 6.35. The third-order valence-electron chi connectivity index (χ3n) is 11.1. The number of rotatable bonds is 13. The lowest BCUT2D eigenvalue weighted by Gasteiger charge is -2.72. The van der Waals surface area contributed by atoms with E-state index in [-0.39, 0.29) is 11.2 Å². The second kappa shape index (κ2) is 13.2. The summed E-state index contributed by atoms with van der Waals surface area (Å²) in [6.45, 7) is 7.93. The minimum absolute atomic E-state index is 0.249. The summed E-state index contributed by atoms with van der Waals surface area (Å²) in [7, 11) is 0. The van der Waals surface area contributed by atoms with Crippen LogP contribution in [-0.4, -0.2) is 38.4 Å². The van der Waals surface area contributed by atoms with Gasteiger partial charge < -0.3 is 20.1 Å². The molecule has 5 aromatic rings. The predicted octanol–water partition coefficient (Wildman–Crippen LogP) is 9.57. The number of nitrogens with zero attached hydrogens (tertiary/aromatic N) is 5. The molecular formula is C40H44N6O2S2. The molecule has 3 saturated carbocycles. The van der Waals surface area contributed by atoms with E-state index in [0.717, 1.165) is 88.4 Å². The molecule has 0 radical (unpaired) electrons. The fourth-order valence-corrected chi connectivity index (χ4v) is 10.7. The van der Waals surface area contributed by atoms with Gasteiger partial charge in [0.2, 0.25) is 0 Å². The molecule has 4 heterocycles. The van der Waals surface area contributed by atoms with E-state index < -0.39 is 0 Å². The van der Waals surface area contributed by atoms with Gasteiger partial charge in [-0.15, -0.1) is 33.9 Å². The smallest absolute Gasteiger partial charge is 0.191 e. The van der Waals surface area contributed by atoms with Crippen LogP contribution in [-0.2, 0) is 18.3 Å². The van der Waals surface area contributed by atoms with Crippen molar-refractivity contribution in [3.63, 3.8) is 0 Å². The molecule has 1 unspecified atom stereocenters. The molecule has 8 nitrogen and oxygen atoms in total. The van der Waals surface area contributed by atoms with E-state index in [1.807, 2.05) is 30.3 Å². The number of phenols is 1. The van der Waals surface area contributed by atoms with E-state index in [0.29, 0.717) is 23.7 Å². The molecular weight excluding hydrogens is 661 g/mol. The van der Waals surface area contributed by atoms with Gasteiger partial charge in [0.05, 0.1) is 22.5 Å². The summed E-state index contributed by atoms with van der Waals surface area (Å²) in [5.74, 6) is 5.93. The first-order chi connectivity index (χ1) is 24.2. The Balaban J connectivity index is 0.860. The number of nitrogens with one attached hydrogen (secondary N) is 1. The van der Waals surface area contributed by atoms with Crippen LogP contribution in [0.2, 0.25) is 0 Å². The van der Waals surface area contributed by atoms with E-state index >= 15 is 0 Å². The molecule has 9 rings (SSSR count). The lowest BCUT2D eigenvalue weighted by Crippen LogP contribution is -2.64. The number of aryl methyl sites for hydroxylation is 2. The number of aromatic hydroxyl groups is 1. The van der Waals surface area contributed by atoms with Gasteiger partial charge >= 0.3 is 0 Å². The molecule has 1 atom stereocenters. The Kier molecular flexibility index (Phi) is 8.68. The van der Waals surface area contributed by atoms with Crippen LogP contribution in [0.25, 0.3) is 10.2 Å². The largest absolute Gasteiger partial charge is 0.504 e. The molecule has 2 aromatic carbocycles. The van der Waals surface area contributed by atoms with E-state index in [1.165, 1.54) is 41.7 Å². The number of thiazole rings is 2. The number of aromatic nitrogens is 4. The molecule has 0 saturated heterocycles. The standard InChI is InChI=1S/C40H44N6O2S2/c1-5-6-11-25(2)21-39-22-40(23-39,24-39)28-16-17-32(31(47)20-28)48-19-10-15-33-27(4)41-38(50-33)46-18-9-12-29-26(3)35(44-45-36(29)46)43-37-42-30-13-7-8-14-34(30)49-37/h1,7-8,13-14,16-17,20,25,47H,6,9-12,15,18-19,21-24H2,2-4H3,(H,42,43,44). The van der Waals surface area contributed by atoms with Crippen LogP contribution in [0, 0.1) is 37.5 Å². The van der Waals surface area contributed by atoms with Crippen molar-refractivity contribution in [2.24, 2.45) is 11.3 Å². The lowest BCUT2D eigenvalue weighted by molar-refractivity contribution is -0.154. The van der Waals surface area contributed by atoms with Crippen molar-refractivity contribution in [1.29, 1.82) is 0 Å². The first-order valence-corrected chi connectivity index (χ1v) is 19.5. The number of fused-ring (bicyclic) bond motifs is 2. The number of terminal acetylenes is 1. The Morgan fingerprint density at radius 1 is 1.10 bits per heavy atom. The molecule has 2 N–H and O–H groups in total. The normalized spacial score (nSPS) is 21.2. The Hall–Kier alpha value is -4.20. The van der Waals surface area contributed by atoms with Gasteiger partial charge in [-0.3, -0.25) is 0 Å². The molecule has 4 aliphatic rings. The number of phenolic OH excluding ortho intramolecular Hbond substituents is 1. The van der Waals surface area contributed by atoms with Gasteiger partial charge in [-0.05, 0) is 118 Å². The number of hydrogen-bond donors (Lipinski definition) is 2. The summed E-state index contributed by atoms with van der Waals surface area (Å²) in [4.78, 5) is 13.2. The topological polar surface area (TPSA) is 96.3 Å². The number of hydrogen-bond acceptors (Lipinski definition) is 10. The third-order valence-corrected chi connectivity index (χ3v) is 13.3. The highest BCUT2D eigenvalue weighted by atomic mass is 32.1. The Labute approximate surface area is 302 Å². The molecule has 10 heteroatoms. The minimum Gasteiger partial charge on any atom is -0.504 e. The van der Waals surface area contributed by atoms with Crippen molar-refractivity contribution in [3.8, 4) is 23.8 Å². The molecule has 3 fully saturated rings. The molecule has 0 amide bonds. The van der Waals surface area contributed by atoms with Crippen LogP contribution < -0.4 is 15.0 Å². The third kappa shape index (κ3) is 6.09. The number of para-hydroxylation sites is 1. The highest BCUT2D eigenvalue weighted by Crippen LogP contribution is 2.76. The van der Waals surface area contributed by atoms with Crippen LogP contribution in [0.5, 0.6) is 11.5 Å². The first-order valence-electron chi connectivity index (χ1n) is 17.9.